The Kier molecular flexibility index (Phi) is 13.5. The van der Waals surface area contributed by atoms with E-state index in [1.807, 2.05) is 0 Å². The smallest absolute Gasteiger partial charge is 0.330 e. The van der Waals surface area contributed by atoms with Crippen LogP contribution in [0.5, 0.6) is 0 Å². The fraction of sp³-hybridized carbons (Fsp3) is 0.677. The van der Waals surface area contributed by atoms with E-state index in [-0.39, 0.29) is 18.0 Å². The molecular weight excluding hydrogens is 478 g/mol. The van der Waals surface area contributed by atoms with E-state index in [4.69, 9.17) is 9.47 Å². The largest absolute Gasteiger partial charge is 0.463 e. The van der Waals surface area contributed by atoms with Crippen LogP contribution in [0.3, 0.4) is 0 Å². The molecule has 38 heavy (non-hydrogen) atoms. The predicted octanol–water partition coefficient (Wildman–Crippen LogP) is 3.32. The molecule has 3 rings (SSSR count). The van der Waals surface area contributed by atoms with Gasteiger partial charge < -0.3 is 25.4 Å². The van der Waals surface area contributed by atoms with Crippen LogP contribution >= 0.6 is 0 Å². The van der Waals surface area contributed by atoms with Crippen LogP contribution in [0, 0.1) is 47.4 Å². The van der Waals surface area contributed by atoms with Crippen molar-refractivity contribution < 1.29 is 19.1 Å². The molecule has 7 heteroatoms. The van der Waals surface area contributed by atoms with Crippen molar-refractivity contribution in [3.8, 4) is 23.7 Å². The van der Waals surface area contributed by atoms with Crippen molar-refractivity contribution in [2.24, 2.45) is 23.7 Å². The molecule has 208 valence electrons. The van der Waals surface area contributed by atoms with Crippen molar-refractivity contribution in [1.82, 2.24) is 16.0 Å². The highest BCUT2D eigenvalue weighted by Crippen LogP contribution is 2.30. The monoisotopic (exact) mass is 523 g/mol. The minimum atomic E-state index is -0.353. The van der Waals surface area contributed by atoms with Gasteiger partial charge in [0.15, 0.2) is 0 Å². The molecule has 0 radical (unpaired) electrons. The van der Waals surface area contributed by atoms with E-state index in [1.54, 1.807) is 0 Å². The van der Waals surface area contributed by atoms with Crippen LogP contribution < -0.4 is 16.0 Å². The van der Waals surface area contributed by atoms with E-state index in [0.717, 1.165) is 71.0 Å². The van der Waals surface area contributed by atoms with Crippen molar-refractivity contribution in [3.05, 3.63) is 25.3 Å². The van der Waals surface area contributed by atoms with E-state index >= 15 is 0 Å². The van der Waals surface area contributed by atoms with Crippen LogP contribution in [0.2, 0.25) is 0 Å². The molecule has 0 spiro atoms. The molecule has 0 aromatic heterocycles. The fourth-order valence-corrected chi connectivity index (χ4v) is 5.24. The molecule has 0 aromatic carbocycles. The summed E-state index contributed by atoms with van der Waals surface area (Å²) >= 11 is 0. The first kappa shape index (κ1) is 30.0. The lowest BCUT2D eigenvalue weighted by Crippen LogP contribution is -2.52. The van der Waals surface area contributed by atoms with Crippen LogP contribution in [-0.4, -0.2) is 57.0 Å². The summed E-state index contributed by atoms with van der Waals surface area (Å²) in [6.07, 6.45) is 13.3. The summed E-state index contributed by atoms with van der Waals surface area (Å²) in [5, 5.41) is 10.7. The van der Waals surface area contributed by atoms with Gasteiger partial charge in [0, 0.05) is 49.5 Å². The van der Waals surface area contributed by atoms with Crippen molar-refractivity contribution in [1.29, 1.82) is 0 Å². The van der Waals surface area contributed by atoms with E-state index in [0.29, 0.717) is 43.1 Å². The molecule has 2 saturated heterocycles. The molecule has 0 amide bonds. The van der Waals surface area contributed by atoms with Crippen LogP contribution in [0.1, 0.15) is 64.2 Å². The lowest BCUT2D eigenvalue weighted by atomic mass is 9.80. The maximum Gasteiger partial charge on any atom is 0.330 e. The molecule has 3 fully saturated rings. The number of carbonyl (C=O) groups is 2. The van der Waals surface area contributed by atoms with Gasteiger partial charge in [0.25, 0.3) is 0 Å². The Morgan fingerprint density at radius 1 is 0.684 bits per heavy atom. The number of unbranched alkanes of at least 4 members (excludes halogenated alkanes) is 1. The van der Waals surface area contributed by atoms with Crippen molar-refractivity contribution >= 4 is 11.9 Å². The van der Waals surface area contributed by atoms with Gasteiger partial charge >= 0.3 is 11.9 Å². The second-order valence-electron chi connectivity index (χ2n) is 10.6. The average molecular weight is 524 g/mol. The van der Waals surface area contributed by atoms with Crippen LogP contribution in [0.4, 0.5) is 0 Å². The number of hydrogen-bond acceptors (Lipinski definition) is 7. The normalized spacial score (nSPS) is 28.9. The minimum absolute atomic E-state index is 0.259. The standard InChI is InChI=1S/C31H45N3O4/c1-3-30(35)37-19-6-5-7-29-33-22-27(23-34-29)15-17-28-16-14-26(21-32-28)13-12-24-8-10-25(11-9-24)18-20-38-31(36)4-2/h3-4,24-29,32-34H,1-2,5-11,14,16,18-23H2. The number of hydrogen-bond donors (Lipinski definition) is 3. The molecule has 2 aliphatic heterocycles. The molecule has 7 nitrogen and oxygen atoms in total. The van der Waals surface area contributed by atoms with Crippen molar-refractivity contribution in [2.75, 3.05) is 32.8 Å². The predicted molar refractivity (Wildman–Crippen MR) is 150 cm³/mol. The first-order valence-electron chi connectivity index (χ1n) is 14.4. The quantitative estimate of drug-likeness (QED) is 0.175. The highest BCUT2D eigenvalue weighted by Gasteiger charge is 2.22. The number of ether oxygens (including phenoxy) is 2. The Morgan fingerprint density at radius 2 is 1.29 bits per heavy atom. The molecule has 0 aromatic rings. The van der Waals surface area contributed by atoms with E-state index in [9.17, 15) is 9.59 Å². The highest BCUT2D eigenvalue weighted by molar-refractivity contribution is 5.81. The first-order valence-corrected chi connectivity index (χ1v) is 14.4. The van der Waals surface area contributed by atoms with Crippen LogP contribution in [-0.2, 0) is 19.1 Å². The molecule has 2 unspecified atom stereocenters. The number of rotatable bonds is 10. The lowest BCUT2D eigenvalue weighted by Gasteiger charge is -2.29. The summed E-state index contributed by atoms with van der Waals surface area (Å²) in [5.74, 6) is 15.2. The zero-order valence-electron chi connectivity index (χ0n) is 22.8. The Bertz CT molecular complexity index is 888. The van der Waals surface area contributed by atoms with Crippen LogP contribution in [0.15, 0.2) is 25.3 Å². The molecule has 2 heterocycles. The van der Waals surface area contributed by atoms with Gasteiger partial charge in [-0.1, -0.05) is 36.8 Å². The fourth-order valence-electron chi connectivity index (χ4n) is 5.24. The number of esters is 2. The van der Waals surface area contributed by atoms with Gasteiger partial charge in [-0.25, -0.2) is 9.59 Å². The SMILES string of the molecule is C=CC(=O)OCCCCC1NCC(C#CC2CCC(C#CC3CCC(CCOC(=O)C=C)CC3)CN2)CN1. The van der Waals surface area contributed by atoms with E-state index in [1.165, 1.54) is 25.0 Å². The molecule has 2 atom stereocenters. The summed E-state index contributed by atoms with van der Waals surface area (Å²) in [7, 11) is 0. The average Bonchev–Trinajstić information content (AvgIpc) is 2.96. The summed E-state index contributed by atoms with van der Waals surface area (Å²) < 4.78 is 10.1. The summed E-state index contributed by atoms with van der Waals surface area (Å²) in [4.78, 5) is 22.2. The molecule has 3 aliphatic rings. The van der Waals surface area contributed by atoms with Crippen LogP contribution in [0.25, 0.3) is 0 Å². The number of piperidine rings is 1. The highest BCUT2D eigenvalue weighted by atomic mass is 16.5. The lowest BCUT2D eigenvalue weighted by molar-refractivity contribution is -0.138. The molecule has 3 N–H and O–H groups in total. The third kappa shape index (κ3) is 11.4. The van der Waals surface area contributed by atoms with Gasteiger partial charge in [0.1, 0.15) is 0 Å². The van der Waals surface area contributed by atoms with Gasteiger partial charge in [0.05, 0.1) is 25.4 Å². The zero-order valence-corrected chi connectivity index (χ0v) is 22.8. The van der Waals surface area contributed by atoms with Crippen molar-refractivity contribution in [2.45, 2.75) is 76.4 Å². The molecule has 0 bridgehead atoms. The Balaban J connectivity index is 1.24. The Morgan fingerprint density at radius 3 is 1.95 bits per heavy atom. The van der Waals surface area contributed by atoms with E-state index in [2.05, 4.69) is 52.8 Å². The van der Waals surface area contributed by atoms with Gasteiger partial charge in [-0.15, -0.1) is 0 Å². The maximum absolute atomic E-state index is 11.2. The summed E-state index contributed by atoms with van der Waals surface area (Å²) in [5.41, 5.74) is 0. The van der Waals surface area contributed by atoms with Gasteiger partial charge in [0.2, 0.25) is 0 Å². The zero-order chi connectivity index (χ0) is 27.0. The van der Waals surface area contributed by atoms with Gasteiger partial charge in [-0.05, 0) is 70.1 Å². The van der Waals surface area contributed by atoms with Crippen molar-refractivity contribution in [3.63, 3.8) is 0 Å². The Hall–Kier alpha value is -2.58. The second-order valence-corrected chi connectivity index (χ2v) is 10.6. The summed E-state index contributed by atoms with van der Waals surface area (Å²) in [6, 6.07) is 0.259. The first-order chi connectivity index (χ1) is 18.6. The molecular formula is C31H45N3O4. The Labute approximate surface area is 228 Å². The second kappa shape index (κ2) is 17.1. The third-order valence-corrected chi connectivity index (χ3v) is 7.67. The third-order valence-electron chi connectivity index (χ3n) is 7.67. The molecule has 1 aliphatic carbocycles. The van der Waals surface area contributed by atoms with E-state index < -0.39 is 0 Å². The number of carbonyl (C=O) groups excluding carboxylic acids is 2. The van der Waals surface area contributed by atoms with Gasteiger partial charge in [-0.2, -0.15) is 0 Å². The number of nitrogens with one attached hydrogen (secondary N) is 3. The summed E-state index contributed by atoms with van der Waals surface area (Å²) in [6.45, 7) is 10.5. The van der Waals surface area contributed by atoms with Gasteiger partial charge in [-0.3, -0.25) is 0 Å². The molecule has 1 saturated carbocycles. The topological polar surface area (TPSA) is 88.7 Å². The maximum atomic E-state index is 11.2. The minimum Gasteiger partial charge on any atom is -0.463 e.